The van der Waals surface area contributed by atoms with Crippen LogP contribution < -0.4 is 5.32 Å². The van der Waals surface area contributed by atoms with Crippen LogP contribution in [0.3, 0.4) is 0 Å². The lowest BCUT2D eigenvalue weighted by atomic mass is 10.2. The molecule has 5 heteroatoms. The van der Waals surface area contributed by atoms with E-state index in [0.717, 1.165) is 22.6 Å². The average molecular weight is 282 g/mol. The molecule has 1 aromatic carbocycles. The van der Waals surface area contributed by atoms with E-state index >= 15 is 0 Å². The zero-order valence-electron chi connectivity index (χ0n) is 10.4. The van der Waals surface area contributed by atoms with E-state index in [1.54, 1.807) is 0 Å². The molecule has 0 saturated carbocycles. The van der Waals surface area contributed by atoms with Crippen LogP contribution in [-0.4, -0.2) is 9.97 Å². The molecule has 1 heterocycles. The lowest BCUT2D eigenvalue weighted by Gasteiger charge is -2.11. The Balaban J connectivity index is 2.40. The number of aryl methyl sites for hydroxylation is 3. The maximum atomic E-state index is 6.07. The number of hydrogen-bond acceptors (Lipinski definition) is 3. The van der Waals surface area contributed by atoms with Gasteiger partial charge in [0.2, 0.25) is 0 Å². The van der Waals surface area contributed by atoms with Crippen molar-refractivity contribution in [1.29, 1.82) is 0 Å². The second-order valence-electron chi connectivity index (χ2n) is 4.12. The zero-order chi connectivity index (χ0) is 13.3. The molecular weight excluding hydrogens is 269 g/mol. The molecule has 94 valence electrons. The number of anilines is 2. The second-order valence-corrected chi connectivity index (χ2v) is 4.91. The highest BCUT2D eigenvalue weighted by atomic mass is 35.5. The highest BCUT2D eigenvalue weighted by molar-refractivity contribution is 6.32. The summed E-state index contributed by atoms with van der Waals surface area (Å²) in [6.07, 6.45) is 0. The van der Waals surface area contributed by atoms with Gasteiger partial charge in [-0.05, 0) is 38.5 Å². The summed E-state index contributed by atoms with van der Waals surface area (Å²) >= 11 is 12.0. The predicted octanol–water partition coefficient (Wildman–Crippen LogP) is 4.45. The molecule has 0 aliphatic heterocycles. The van der Waals surface area contributed by atoms with Crippen LogP contribution in [0.5, 0.6) is 0 Å². The summed E-state index contributed by atoms with van der Waals surface area (Å²) in [4.78, 5) is 8.62. The molecule has 0 unspecified atom stereocenters. The van der Waals surface area contributed by atoms with Gasteiger partial charge in [-0.1, -0.05) is 29.3 Å². The SMILES string of the molecule is Cc1ccc(Cl)cc1Nc1nc(C)c(C)nc1Cl. The molecule has 0 bridgehead atoms. The first-order valence-corrected chi connectivity index (χ1v) is 6.27. The number of nitrogens with zero attached hydrogens (tertiary/aromatic N) is 2. The van der Waals surface area contributed by atoms with E-state index in [4.69, 9.17) is 23.2 Å². The van der Waals surface area contributed by atoms with E-state index in [2.05, 4.69) is 15.3 Å². The number of rotatable bonds is 2. The van der Waals surface area contributed by atoms with Gasteiger partial charge >= 0.3 is 0 Å². The van der Waals surface area contributed by atoms with Crippen LogP contribution in [0.1, 0.15) is 17.0 Å². The molecule has 0 aliphatic carbocycles. The summed E-state index contributed by atoms with van der Waals surface area (Å²) in [5, 5.41) is 4.18. The highest BCUT2D eigenvalue weighted by Gasteiger charge is 2.08. The Morgan fingerprint density at radius 3 is 2.39 bits per heavy atom. The number of halogens is 2. The average Bonchev–Trinajstić information content (AvgIpc) is 2.30. The van der Waals surface area contributed by atoms with E-state index in [0.29, 0.717) is 16.0 Å². The molecular formula is C13H13Cl2N3. The Morgan fingerprint density at radius 2 is 1.67 bits per heavy atom. The molecule has 0 amide bonds. The van der Waals surface area contributed by atoms with Crippen LogP contribution in [0, 0.1) is 20.8 Å². The van der Waals surface area contributed by atoms with Gasteiger partial charge in [0.05, 0.1) is 11.4 Å². The Labute approximate surface area is 116 Å². The van der Waals surface area contributed by atoms with Gasteiger partial charge in [0.25, 0.3) is 0 Å². The summed E-state index contributed by atoms with van der Waals surface area (Å²) in [6, 6.07) is 5.62. The Morgan fingerprint density at radius 1 is 1.00 bits per heavy atom. The molecule has 0 radical (unpaired) electrons. The van der Waals surface area contributed by atoms with Gasteiger partial charge in [-0.25, -0.2) is 9.97 Å². The minimum Gasteiger partial charge on any atom is -0.337 e. The lowest BCUT2D eigenvalue weighted by Crippen LogP contribution is -2.01. The van der Waals surface area contributed by atoms with Crippen molar-refractivity contribution in [3.05, 3.63) is 45.3 Å². The summed E-state index contributed by atoms with van der Waals surface area (Å²) in [5.74, 6) is 0.546. The highest BCUT2D eigenvalue weighted by Crippen LogP contribution is 2.27. The molecule has 2 rings (SSSR count). The summed E-state index contributed by atoms with van der Waals surface area (Å²) in [5.41, 5.74) is 3.62. The monoisotopic (exact) mass is 281 g/mol. The van der Waals surface area contributed by atoms with Crippen molar-refractivity contribution in [3.8, 4) is 0 Å². The van der Waals surface area contributed by atoms with Crippen molar-refractivity contribution in [3.63, 3.8) is 0 Å². The fourth-order valence-electron chi connectivity index (χ4n) is 1.51. The van der Waals surface area contributed by atoms with Crippen LogP contribution in [0.15, 0.2) is 18.2 Å². The van der Waals surface area contributed by atoms with Gasteiger partial charge in [-0.3, -0.25) is 0 Å². The van der Waals surface area contributed by atoms with Crippen molar-refractivity contribution >= 4 is 34.7 Å². The summed E-state index contributed by atoms with van der Waals surface area (Å²) < 4.78 is 0. The number of nitrogens with one attached hydrogen (secondary N) is 1. The van der Waals surface area contributed by atoms with E-state index in [1.807, 2.05) is 39.0 Å². The van der Waals surface area contributed by atoms with Gasteiger partial charge < -0.3 is 5.32 Å². The van der Waals surface area contributed by atoms with Gasteiger partial charge in [0.1, 0.15) is 0 Å². The third-order valence-electron chi connectivity index (χ3n) is 2.72. The predicted molar refractivity (Wildman–Crippen MR) is 76.0 cm³/mol. The van der Waals surface area contributed by atoms with Crippen molar-refractivity contribution in [2.75, 3.05) is 5.32 Å². The smallest absolute Gasteiger partial charge is 0.172 e. The van der Waals surface area contributed by atoms with Crippen LogP contribution in [-0.2, 0) is 0 Å². The Hall–Kier alpha value is -1.32. The van der Waals surface area contributed by atoms with Gasteiger partial charge in [-0.2, -0.15) is 0 Å². The summed E-state index contributed by atoms with van der Waals surface area (Å²) in [7, 11) is 0. The molecule has 0 fully saturated rings. The molecule has 0 atom stereocenters. The van der Waals surface area contributed by atoms with Crippen LogP contribution in [0.4, 0.5) is 11.5 Å². The molecule has 0 saturated heterocycles. The van der Waals surface area contributed by atoms with Gasteiger partial charge in [0, 0.05) is 10.7 Å². The van der Waals surface area contributed by atoms with E-state index in [9.17, 15) is 0 Å². The molecule has 18 heavy (non-hydrogen) atoms. The van der Waals surface area contributed by atoms with Crippen molar-refractivity contribution in [2.45, 2.75) is 20.8 Å². The normalized spacial score (nSPS) is 10.5. The zero-order valence-corrected chi connectivity index (χ0v) is 11.9. The van der Waals surface area contributed by atoms with E-state index < -0.39 is 0 Å². The van der Waals surface area contributed by atoms with Crippen LogP contribution in [0.2, 0.25) is 10.2 Å². The minimum atomic E-state index is 0.359. The molecule has 2 aromatic rings. The maximum Gasteiger partial charge on any atom is 0.172 e. The Kier molecular flexibility index (Phi) is 3.73. The molecule has 1 aromatic heterocycles. The maximum absolute atomic E-state index is 6.07. The number of benzene rings is 1. The second kappa shape index (κ2) is 5.12. The fourth-order valence-corrected chi connectivity index (χ4v) is 1.90. The third kappa shape index (κ3) is 2.74. The van der Waals surface area contributed by atoms with E-state index in [-0.39, 0.29) is 0 Å². The van der Waals surface area contributed by atoms with Crippen LogP contribution >= 0.6 is 23.2 Å². The molecule has 0 aliphatic rings. The fraction of sp³-hybridized carbons (Fsp3) is 0.231. The van der Waals surface area contributed by atoms with Gasteiger partial charge in [-0.15, -0.1) is 0 Å². The first-order chi connectivity index (χ1) is 8.47. The Bertz CT molecular complexity index is 597. The molecule has 1 N–H and O–H groups in total. The lowest BCUT2D eigenvalue weighted by molar-refractivity contribution is 1.05. The van der Waals surface area contributed by atoms with Crippen molar-refractivity contribution in [2.24, 2.45) is 0 Å². The van der Waals surface area contributed by atoms with E-state index in [1.165, 1.54) is 0 Å². The third-order valence-corrected chi connectivity index (χ3v) is 3.22. The topological polar surface area (TPSA) is 37.8 Å². The quantitative estimate of drug-likeness (QED) is 0.884. The first-order valence-electron chi connectivity index (χ1n) is 5.51. The molecule has 0 spiro atoms. The minimum absolute atomic E-state index is 0.359. The van der Waals surface area contributed by atoms with Crippen LogP contribution in [0.25, 0.3) is 0 Å². The number of hydrogen-bond donors (Lipinski definition) is 1. The van der Waals surface area contributed by atoms with Crippen molar-refractivity contribution in [1.82, 2.24) is 9.97 Å². The standard InChI is InChI=1S/C13H13Cl2N3/c1-7-4-5-10(14)6-11(7)18-13-12(15)16-8(2)9(3)17-13/h4-6H,1-3H3,(H,17,18). The largest absolute Gasteiger partial charge is 0.337 e. The molecule has 3 nitrogen and oxygen atoms in total. The van der Waals surface area contributed by atoms with Crippen molar-refractivity contribution < 1.29 is 0 Å². The number of aromatic nitrogens is 2. The first kappa shape index (κ1) is 13.1. The van der Waals surface area contributed by atoms with Gasteiger partial charge in [0.15, 0.2) is 11.0 Å². The summed E-state index contributed by atoms with van der Waals surface area (Å²) in [6.45, 7) is 5.76.